The number of para-hydroxylation sites is 1. The lowest BCUT2D eigenvalue weighted by Gasteiger charge is -2.29. The first-order valence-electron chi connectivity index (χ1n) is 5.09. The molecular formula is C12H15NO. The zero-order valence-electron chi connectivity index (χ0n) is 8.49. The molecule has 2 nitrogen and oxygen atoms in total. The smallest absolute Gasteiger partial charge is 0.136 e. The first-order valence-corrected chi connectivity index (χ1v) is 5.09. The summed E-state index contributed by atoms with van der Waals surface area (Å²) in [5.74, 6) is 0.398. The van der Waals surface area contributed by atoms with Gasteiger partial charge in [-0.05, 0) is 18.6 Å². The Hall–Kier alpha value is -1.31. The Kier molecular flexibility index (Phi) is 2.53. The number of piperidine rings is 1. The minimum atomic E-state index is 0.398. The number of hydrogen-bond acceptors (Lipinski definition) is 2. The zero-order chi connectivity index (χ0) is 9.97. The second-order valence-corrected chi connectivity index (χ2v) is 3.81. The van der Waals surface area contributed by atoms with Crippen LogP contribution in [0.5, 0.6) is 0 Å². The number of Topliss-reactive ketones (excluding diaryl/α,β-unsaturated/α-hetero) is 1. The predicted octanol–water partition coefficient (Wildman–Crippen LogP) is 2.16. The van der Waals surface area contributed by atoms with Crippen molar-refractivity contribution in [3.63, 3.8) is 0 Å². The highest BCUT2D eigenvalue weighted by Crippen LogP contribution is 2.21. The Morgan fingerprint density at radius 1 is 1.14 bits per heavy atom. The van der Waals surface area contributed by atoms with Crippen molar-refractivity contribution in [2.24, 2.45) is 0 Å². The molecule has 1 fully saturated rings. The van der Waals surface area contributed by atoms with Crippen LogP contribution in [-0.4, -0.2) is 18.9 Å². The number of aryl methyl sites for hydroxylation is 1. The van der Waals surface area contributed by atoms with E-state index in [2.05, 4.69) is 30.0 Å². The van der Waals surface area contributed by atoms with Crippen molar-refractivity contribution in [3.8, 4) is 0 Å². The summed E-state index contributed by atoms with van der Waals surface area (Å²) in [4.78, 5) is 13.4. The standard InChI is InChI=1S/C12H15NO/c1-10-4-2-3-5-12(10)13-8-6-11(14)7-9-13/h2-5H,6-9H2,1H3. The molecule has 1 aromatic rings. The lowest BCUT2D eigenvalue weighted by Crippen LogP contribution is -2.34. The molecule has 0 amide bonds. The number of hydrogen-bond donors (Lipinski definition) is 0. The van der Waals surface area contributed by atoms with E-state index in [-0.39, 0.29) is 0 Å². The largest absolute Gasteiger partial charge is 0.370 e. The minimum absolute atomic E-state index is 0.398. The van der Waals surface area contributed by atoms with Crippen molar-refractivity contribution in [1.82, 2.24) is 0 Å². The van der Waals surface area contributed by atoms with E-state index in [1.165, 1.54) is 11.3 Å². The third kappa shape index (κ3) is 1.79. The summed E-state index contributed by atoms with van der Waals surface area (Å²) in [7, 11) is 0. The van der Waals surface area contributed by atoms with Crippen molar-refractivity contribution >= 4 is 11.5 Å². The normalized spacial score (nSPS) is 17.2. The molecule has 0 N–H and O–H groups in total. The van der Waals surface area contributed by atoms with Gasteiger partial charge in [-0.1, -0.05) is 18.2 Å². The molecule has 2 rings (SSSR count). The van der Waals surface area contributed by atoms with Gasteiger partial charge < -0.3 is 4.90 Å². The lowest BCUT2D eigenvalue weighted by atomic mass is 10.1. The summed E-state index contributed by atoms with van der Waals surface area (Å²) in [5, 5.41) is 0. The number of ketones is 1. The average Bonchev–Trinajstić information content (AvgIpc) is 2.20. The van der Waals surface area contributed by atoms with Gasteiger partial charge in [0, 0.05) is 31.6 Å². The van der Waals surface area contributed by atoms with Crippen LogP contribution in [0.15, 0.2) is 24.3 Å². The van der Waals surface area contributed by atoms with Crippen LogP contribution in [0.1, 0.15) is 18.4 Å². The van der Waals surface area contributed by atoms with Crippen molar-refractivity contribution in [3.05, 3.63) is 29.8 Å². The Morgan fingerprint density at radius 3 is 2.43 bits per heavy atom. The van der Waals surface area contributed by atoms with Crippen LogP contribution in [0.4, 0.5) is 5.69 Å². The molecule has 0 unspecified atom stereocenters. The molecule has 1 saturated heterocycles. The van der Waals surface area contributed by atoms with E-state index in [1.54, 1.807) is 0 Å². The Morgan fingerprint density at radius 2 is 1.79 bits per heavy atom. The number of anilines is 1. The summed E-state index contributed by atoms with van der Waals surface area (Å²) in [6.45, 7) is 3.87. The molecule has 0 aromatic heterocycles. The first kappa shape index (κ1) is 9.25. The zero-order valence-corrected chi connectivity index (χ0v) is 8.49. The molecule has 0 aliphatic carbocycles. The maximum absolute atomic E-state index is 11.1. The number of carbonyl (C=O) groups excluding carboxylic acids is 1. The van der Waals surface area contributed by atoms with Crippen molar-refractivity contribution in [2.45, 2.75) is 19.8 Å². The van der Waals surface area contributed by atoms with Gasteiger partial charge in [0.05, 0.1) is 0 Å². The molecular weight excluding hydrogens is 174 g/mol. The average molecular weight is 189 g/mol. The van der Waals surface area contributed by atoms with E-state index in [1.807, 2.05) is 6.07 Å². The van der Waals surface area contributed by atoms with Gasteiger partial charge in [0.1, 0.15) is 5.78 Å². The van der Waals surface area contributed by atoms with Crippen molar-refractivity contribution in [1.29, 1.82) is 0 Å². The molecule has 0 bridgehead atoms. The molecule has 1 heterocycles. The molecule has 1 aliphatic heterocycles. The van der Waals surface area contributed by atoms with Crippen LogP contribution < -0.4 is 4.90 Å². The summed E-state index contributed by atoms with van der Waals surface area (Å²) >= 11 is 0. The molecule has 1 aliphatic rings. The van der Waals surface area contributed by atoms with E-state index in [0.717, 1.165) is 13.1 Å². The van der Waals surface area contributed by atoms with Gasteiger partial charge in [-0.15, -0.1) is 0 Å². The van der Waals surface area contributed by atoms with Gasteiger partial charge in [0.25, 0.3) is 0 Å². The first-order chi connectivity index (χ1) is 6.77. The quantitative estimate of drug-likeness (QED) is 0.674. The fraction of sp³-hybridized carbons (Fsp3) is 0.417. The predicted molar refractivity (Wildman–Crippen MR) is 57.6 cm³/mol. The molecule has 0 spiro atoms. The van der Waals surface area contributed by atoms with Gasteiger partial charge in [-0.2, -0.15) is 0 Å². The van der Waals surface area contributed by atoms with Gasteiger partial charge >= 0.3 is 0 Å². The van der Waals surface area contributed by atoms with E-state index in [0.29, 0.717) is 18.6 Å². The number of nitrogens with zero attached hydrogens (tertiary/aromatic N) is 1. The summed E-state index contributed by atoms with van der Waals surface area (Å²) < 4.78 is 0. The monoisotopic (exact) mass is 189 g/mol. The van der Waals surface area contributed by atoms with E-state index >= 15 is 0 Å². The van der Waals surface area contributed by atoms with Gasteiger partial charge in [-0.3, -0.25) is 4.79 Å². The molecule has 74 valence electrons. The third-order valence-electron chi connectivity index (χ3n) is 2.78. The van der Waals surface area contributed by atoms with Crippen molar-refractivity contribution < 1.29 is 4.79 Å². The molecule has 2 heteroatoms. The maximum Gasteiger partial charge on any atom is 0.136 e. The highest BCUT2D eigenvalue weighted by atomic mass is 16.1. The molecule has 0 atom stereocenters. The molecule has 14 heavy (non-hydrogen) atoms. The Labute approximate surface area is 84.5 Å². The molecule has 1 aromatic carbocycles. The molecule has 0 radical (unpaired) electrons. The second-order valence-electron chi connectivity index (χ2n) is 3.81. The highest BCUT2D eigenvalue weighted by molar-refractivity contribution is 5.81. The van der Waals surface area contributed by atoms with Crippen LogP contribution >= 0.6 is 0 Å². The Bertz CT molecular complexity index is 336. The number of rotatable bonds is 1. The summed E-state index contributed by atoms with van der Waals surface area (Å²) in [6, 6.07) is 8.35. The second kappa shape index (κ2) is 3.82. The summed E-state index contributed by atoms with van der Waals surface area (Å²) in [6.07, 6.45) is 1.41. The van der Waals surface area contributed by atoms with E-state index in [4.69, 9.17) is 0 Å². The Balaban J connectivity index is 2.16. The maximum atomic E-state index is 11.1. The van der Waals surface area contributed by atoms with Gasteiger partial charge in [0.15, 0.2) is 0 Å². The third-order valence-corrected chi connectivity index (χ3v) is 2.78. The highest BCUT2D eigenvalue weighted by Gasteiger charge is 2.16. The van der Waals surface area contributed by atoms with Crippen LogP contribution in [0.3, 0.4) is 0 Å². The van der Waals surface area contributed by atoms with E-state index < -0.39 is 0 Å². The van der Waals surface area contributed by atoms with Crippen LogP contribution in [0.2, 0.25) is 0 Å². The number of carbonyl (C=O) groups is 1. The van der Waals surface area contributed by atoms with Crippen molar-refractivity contribution in [2.75, 3.05) is 18.0 Å². The molecule has 0 saturated carbocycles. The number of benzene rings is 1. The van der Waals surface area contributed by atoms with Crippen LogP contribution in [-0.2, 0) is 4.79 Å². The van der Waals surface area contributed by atoms with Crippen LogP contribution in [0.25, 0.3) is 0 Å². The topological polar surface area (TPSA) is 20.3 Å². The van der Waals surface area contributed by atoms with Gasteiger partial charge in [-0.25, -0.2) is 0 Å². The fourth-order valence-electron chi connectivity index (χ4n) is 1.92. The minimum Gasteiger partial charge on any atom is -0.370 e. The van der Waals surface area contributed by atoms with E-state index in [9.17, 15) is 4.79 Å². The fourth-order valence-corrected chi connectivity index (χ4v) is 1.92. The SMILES string of the molecule is Cc1ccccc1N1CCC(=O)CC1. The van der Waals surface area contributed by atoms with Gasteiger partial charge in [0.2, 0.25) is 0 Å². The van der Waals surface area contributed by atoms with Crippen LogP contribution in [0, 0.1) is 6.92 Å². The summed E-state index contributed by atoms with van der Waals surface area (Å²) in [5.41, 5.74) is 2.57. The lowest BCUT2D eigenvalue weighted by molar-refractivity contribution is -0.119.